The first-order chi connectivity index (χ1) is 12.2. The van der Waals surface area contributed by atoms with Crippen molar-refractivity contribution in [2.24, 2.45) is 4.99 Å². The van der Waals surface area contributed by atoms with Crippen molar-refractivity contribution < 1.29 is 9.47 Å². The highest BCUT2D eigenvalue weighted by Crippen LogP contribution is 2.27. The molecule has 0 aliphatic rings. The van der Waals surface area contributed by atoms with Crippen LogP contribution in [0.15, 0.2) is 47.5 Å². The van der Waals surface area contributed by atoms with E-state index < -0.39 is 0 Å². The zero-order chi connectivity index (χ0) is 18.1. The van der Waals surface area contributed by atoms with Gasteiger partial charge in [-0.25, -0.2) is 4.99 Å². The Balaban J connectivity index is 0.00000338. The smallest absolute Gasteiger partial charge is 0.191 e. The van der Waals surface area contributed by atoms with Gasteiger partial charge in [-0.3, -0.25) is 0 Å². The van der Waals surface area contributed by atoms with Gasteiger partial charge in [-0.05, 0) is 42.3 Å². The molecule has 0 heterocycles. The molecule has 0 amide bonds. The van der Waals surface area contributed by atoms with E-state index in [4.69, 9.17) is 21.1 Å². The highest BCUT2D eigenvalue weighted by atomic mass is 127. The predicted octanol–water partition coefficient (Wildman–Crippen LogP) is 4.23. The van der Waals surface area contributed by atoms with E-state index in [0.717, 1.165) is 28.7 Å². The second-order valence-corrected chi connectivity index (χ2v) is 5.80. The van der Waals surface area contributed by atoms with Crippen LogP contribution in [0.5, 0.6) is 11.5 Å². The third-order valence-corrected chi connectivity index (χ3v) is 3.80. The first-order valence-electron chi connectivity index (χ1n) is 8.13. The topological polar surface area (TPSA) is 54.9 Å². The van der Waals surface area contributed by atoms with Crippen LogP contribution in [0.1, 0.15) is 18.1 Å². The van der Waals surface area contributed by atoms with Gasteiger partial charge < -0.3 is 20.1 Å². The number of nitrogens with one attached hydrogen (secondary N) is 2. The molecule has 2 N–H and O–H groups in total. The molecule has 2 rings (SSSR count). The van der Waals surface area contributed by atoms with Crippen LogP contribution in [0.25, 0.3) is 0 Å². The lowest BCUT2D eigenvalue weighted by atomic mass is 10.2. The van der Waals surface area contributed by atoms with Crippen molar-refractivity contribution in [3.05, 3.63) is 58.6 Å². The summed E-state index contributed by atoms with van der Waals surface area (Å²) in [6.45, 7) is 4.00. The fourth-order valence-corrected chi connectivity index (χ4v) is 2.54. The quantitative estimate of drug-likeness (QED) is 0.347. The van der Waals surface area contributed by atoms with Crippen molar-refractivity contribution in [3.8, 4) is 11.5 Å². The van der Waals surface area contributed by atoms with Crippen LogP contribution in [0.4, 0.5) is 0 Å². The molecule has 0 radical (unpaired) electrons. The Bertz CT molecular complexity index is 726. The average Bonchev–Trinajstić information content (AvgIpc) is 2.63. The van der Waals surface area contributed by atoms with Gasteiger partial charge in [0.1, 0.15) is 0 Å². The van der Waals surface area contributed by atoms with Crippen LogP contribution in [-0.2, 0) is 13.1 Å². The van der Waals surface area contributed by atoms with Gasteiger partial charge in [0.15, 0.2) is 17.5 Å². The maximum atomic E-state index is 6.01. The van der Waals surface area contributed by atoms with E-state index >= 15 is 0 Å². The second kappa shape index (κ2) is 11.9. The molecule has 7 heteroatoms. The normalized spacial score (nSPS) is 10.7. The number of guanidine groups is 1. The molecule has 142 valence electrons. The highest BCUT2D eigenvalue weighted by molar-refractivity contribution is 14.0. The molecule has 0 aliphatic carbocycles. The fourth-order valence-electron chi connectivity index (χ4n) is 2.32. The minimum Gasteiger partial charge on any atom is -0.493 e. The van der Waals surface area contributed by atoms with E-state index in [2.05, 4.69) is 15.6 Å². The van der Waals surface area contributed by atoms with Crippen molar-refractivity contribution >= 4 is 41.5 Å². The molecular weight excluding hydrogens is 465 g/mol. The summed E-state index contributed by atoms with van der Waals surface area (Å²) in [5.74, 6) is 2.17. The summed E-state index contributed by atoms with van der Waals surface area (Å²) in [4.78, 5) is 4.60. The monoisotopic (exact) mass is 489 g/mol. The molecule has 0 saturated carbocycles. The van der Waals surface area contributed by atoms with Crippen molar-refractivity contribution in [2.45, 2.75) is 20.0 Å². The number of nitrogens with zero attached hydrogens (tertiary/aromatic N) is 1. The van der Waals surface area contributed by atoms with Crippen LogP contribution in [0.2, 0.25) is 5.02 Å². The van der Waals surface area contributed by atoms with Crippen LogP contribution >= 0.6 is 35.6 Å². The maximum absolute atomic E-state index is 6.01. The SMILES string of the molecule is CCNC(=NCc1cccc(Cl)c1)NCc1ccc(OC)c(OC)c1.I. The van der Waals surface area contributed by atoms with Gasteiger partial charge in [0.2, 0.25) is 0 Å². The molecule has 0 unspecified atom stereocenters. The number of ether oxygens (including phenoxy) is 2. The molecule has 26 heavy (non-hydrogen) atoms. The average molecular weight is 490 g/mol. The van der Waals surface area contributed by atoms with E-state index in [0.29, 0.717) is 24.6 Å². The number of hydrogen-bond acceptors (Lipinski definition) is 3. The third-order valence-electron chi connectivity index (χ3n) is 3.56. The highest BCUT2D eigenvalue weighted by Gasteiger charge is 2.05. The second-order valence-electron chi connectivity index (χ2n) is 5.37. The minimum absolute atomic E-state index is 0. The van der Waals surface area contributed by atoms with Crippen LogP contribution in [0.3, 0.4) is 0 Å². The van der Waals surface area contributed by atoms with E-state index in [1.54, 1.807) is 14.2 Å². The van der Waals surface area contributed by atoms with E-state index in [9.17, 15) is 0 Å². The molecule has 0 aliphatic heterocycles. The van der Waals surface area contributed by atoms with Gasteiger partial charge in [-0.15, -0.1) is 24.0 Å². The number of benzene rings is 2. The standard InChI is InChI=1S/C19H24ClN3O2.HI/c1-4-21-19(22-12-14-6-5-7-16(20)10-14)23-13-15-8-9-17(24-2)18(11-15)25-3;/h5-11H,4,12-13H2,1-3H3,(H2,21,22,23);1H. The molecule has 2 aromatic carbocycles. The van der Waals surface area contributed by atoms with E-state index in [1.165, 1.54) is 0 Å². The molecular formula is C19H25ClIN3O2. The van der Waals surface area contributed by atoms with Crippen molar-refractivity contribution in [1.29, 1.82) is 0 Å². The number of aliphatic imine (C=N–C) groups is 1. The van der Waals surface area contributed by atoms with Gasteiger partial charge >= 0.3 is 0 Å². The summed E-state index contributed by atoms with van der Waals surface area (Å²) < 4.78 is 10.6. The Hall–Kier alpha value is -1.67. The lowest BCUT2D eigenvalue weighted by molar-refractivity contribution is 0.354. The molecule has 0 spiro atoms. The first kappa shape index (κ1) is 22.4. The largest absolute Gasteiger partial charge is 0.493 e. The third kappa shape index (κ3) is 6.92. The Morgan fingerprint density at radius 2 is 1.77 bits per heavy atom. The zero-order valence-electron chi connectivity index (χ0n) is 15.2. The lowest BCUT2D eigenvalue weighted by Crippen LogP contribution is -2.36. The maximum Gasteiger partial charge on any atom is 0.191 e. The summed E-state index contributed by atoms with van der Waals surface area (Å²) in [5, 5.41) is 7.28. The molecule has 2 aromatic rings. The van der Waals surface area contributed by atoms with Crippen molar-refractivity contribution in [3.63, 3.8) is 0 Å². The van der Waals surface area contributed by atoms with E-state index in [1.807, 2.05) is 49.4 Å². The Morgan fingerprint density at radius 3 is 2.42 bits per heavy atom. The van der Waals surface area contributed by atoms with Crippen LogP contribution in [-0.4, -0.2) is 26.7 Å². The predicted molar refractivity (Wildman–Crippen MR) is 118 cm³/mol. The van der Waals surface area contributed by atoms with Gasteiger partial charge in [0.05, 0.1) is 20.8 Å². The van der Waals surface area contributed by atoms with Gasteiger partial charge in [-0.2, -0.15) is 0 Å². The Labute approximate surface area is 177 Å². The summed E-state index contributed by atoms with van der Waals surface area (Å²) in [6.07, 6.45) is 0. The number of halogens is 2. The number of rotatable bonds is 7. The lowest BCUT2D eigenvalue weighted by Gasteiger charge is -2.13. The summed E-state index contributed by atoms with van der Waals surface area (Å²) >= 11 is 6.01. The first-order valence-corrected chi connectivity index (χ1v) is 8.51. The Kier molecular flexibility index (Phi) is 10.2. The van der Waals surface area contributed by atoms with Crippen molar-refractivity contribution in [2.75, 3.05) is 20.8 Å². The summed E-state index contributed by atoms with van der Waals surface area (Å²) in [5.41, 5.74) is 2.14. The van der Waals surface area contributed by atoms with Gasteiger partial charge in [0.25, 0.3) is 0 Å². The van der Waals surface area contributed by atoms with Gasteiger partial charge in [0, 0.05) is 18.1 Å². The van der Waals surface area contributed by atoms with Crippen LogP contribution in [0, 0.1) is 0 Å². The zero-order valence-corrected chi connectivity index (χ0v) is 18.3. The Morgan fingerprint density at radius 1 is 1.00 bits per heavy atom. The minimum atomic E-state index is 0. The molecule has 0 fully saturated rings. The summed E-state index contributed by atoms with van der Waals surface area (Å²) in [7, 11) is 3.26. The molecule has 0 saturated heterocycles. The van der Waals surface area contributed by atoms with Gasteiger partial charge in [-0.1, -0.05) is 29.8 Å². The van der Waals surface area contributed by atoms with Crippen molar-refractivity contribution in [1.82, 2.24) is 10.6 Å². The fraction of sp³-hybridized carbons (Fsp3) is 0.316. The van der Waals surface area contributed by atoms with E-state index in [-0.39, 0.29) is 24.0 Å². The van der Waals surface area contributed by atoms with Crippen LogP contribution < -0.4 is 20.1 Å². The summed E-state index contributed by atoms with van der Waals surface area (Å²) in [6, 6.07) is 13.6. The molecule has 0 aromatic heterocycles. The number of methoxy groups -OCH3 is 2. The number of hydrogen-bond donors (Lipinski definition) is 2. The molecule has 5 nitrogen and oxygen atoms in total. The molecule has 0 bridgehead atoms. The molecule has 0 atom stereocenters.